The van der Waals surface area contributed by atoms with E-state index in [0.717, 1.165) is 13.1 Å². The van der Waals surface area contributed by atoms with Gasteiger partial charge in [-0.1, -0.05) is 6.92 Å². The maximum Gasteiger partial charge on any atom is 0.524 e. The maximum atomic E-state index is 6.01. The summed E-state index contributed by atoms with van der Waals surface area (Å²) < 4.78 is 18.0. The molecule has 0 saturated heterocycles. The summed E-state index contributed by atoms with van der Waals surface area (Å²) in [4.78, 5) is 4.42. The third-order valence-electron chi connectivity index (χ3n) is 3.13. The maximum absolute atomic E-state index is 6.01. The molecular weight excluding hydrogens is 296 g/mol. The van der Waals surface area contributed by atoms with E-state index in [0.29, 0.717) is 19.8 Å². The zero-order valence-electron chi connectivity index (χ0n) is 13.3. The number of hydrogen-bond donors (Lipinski definition) is 0. The van der Waals surface area contributed by atoms with Crippen molar-refractivity contribution in [2.75, 3.05) is 33.5 Å². The quantitative estimate of drug-likeness (QED) is 0.609. The van der Waals surface area contributed by atoms with E-state index < -0.39 is 8.80 Å². The molecule has 1 heterocycles. The topological polar surface area (TPSA) is 34.2 Å². The van der Waals surface area contributed by atoms with Gasteiger partial charge in [0.25, 0.3) is 0 Å². The number of halogens is 1. The van der Waals surface area contributed by atoms with Crippen molar-refractivity contribution in [1.29, 1.82) is 0 Å². The first-order chi connectivity index (χ1) is 9.13. The van der Waals surface area contributed by atoms with Crippen molar-refractivity contribution in [3.05, 3.63) is 12.4 Å². The van der Waals surface area contributed by atoms with Crippen molar-refractivity contribution in [1.82, 2.24) is 9.80 Å². The van der Waals surface area contributed by atoms with Crippen LogP contribution in [0.5, 0.6) is 0 Å². The Morgan fingerprint density at radius 3 is 1.80 bits per heavy atom. The van der Waals surface area contributed by atoms with Gasteiger partial charge in [-0.25, -0.2) is 0 Å². The van der Waals surface area contributed by atoms with Crippen molar-refractivity contribution in [3.63, 3.8) is 0 Å². The van der Waals surface area contributed by atoms with Gasteiger partial charge in [0.15, 0.2) is 0 Å². The summed E-state index contributed by atoms with van der Waals surface area (Å²) in [7, 11) is -0.608. The summed E-state index contributed by atoms with van der Waals surface area (Å²) in [5.41, 5.74) is 0.175. The molecule has 0 amide bonds. The van der Waals surface area contributed by atoms with Crippen molar-refractivity contribution >= 4 is 21.2 Å². The molecule has 1 rings (SSSR count). The molecule has 120 valence electrons. The number of nitrogens with zero attached hydrogens (tertiary/aromatic N) is 2. The molecule has 0 bridgehead atoms. The van der Waals surface area contributed by atoms with Gasteiger partial charge in [-0.2, -0.15) is 0 Å². The largest absolute Gasteiger partial charge is 0.524 e. The fraction of sp³-hybridized carbons (Fsp3) is 0.846. The Morgan fingerprint density at radius 1 is 1.00 bits per heavy atom. The predicted molar refractivity (Wildman–Crippen MR) is 85.6 cm³/mol. The molecule has 0 spiro atoms. The van der Waals surface area contributed by atoms with Crippen LogP contribution in [0.1, 0.15) is 34.1 Å². The van der Waals surface area contributed by atoms with Crippen molar-refractivity contribution in [2.24, 2.45) is 0 Å². The lowest BCUT2D eigenvalue weighted by Gasteiger charge is -2.39. The van der Waals surface area contributed by atoms with E-state index >= 15 is 0 Å². The van der Waals surface area contributed by atoms with E-state index in [1.165, 1.54) is 0 Å². The molecule has 5 nitrogen and oxygen atoms in total. The Bertz CT molecular complexity index is 278. The molecule has 0 aromatic heterocycles. The first-order valence-corrected chi connectivity index (χ1v) is 8.99. The van der Waals surface area contributed by atoms with Gasteiger partial charge in [0, 0.05) is 39.3 Å². The minimum atomic E-state index is -2.67. The van der Waals surface area contributed by atoms with E-state index in [1.807, 2.05) is 20.8 Å². The Kier molecular flexibility index (Phi) is 9.49. The zero-order chi connectivity index (χ0) is 14.3. The second-order valence-corrected chi connectivity index (χ2v) is 7.28. The third kappa shape index (κ3) is 4.63. The Balaban J connectivity index is 0.00000361. The lowest BCUT2D eigenvalue weighted by molar-refractivity contribution is 0.0401. The normalized spacial score (nSPS) is 16.4. The van der Waals surface area contributed by atoms with Crippen LogP contribution in [0.25, 0.3) is 0 Å². The third-order valence-corrected chi connectivity index (χ3v) is 6.76. The SMILES string of the molecule is CCO[Si](OCC)(OCC)C(CC)N1C=CN(C)C1.Cl. The van der Waals surface area contributed by atoms with Crippen LogP contribution in [-0.4, -0.2) is 57.8 Å². The van der Waals surface area contributed by atoms with E-state index in [-0.39, 0.29) is 18.1 Å². The number of rotatable bonds is 9. The molecule has 1 atom stereocenters. The zero-order valence-corrected chi connectivity index (χ0v) is 15.1. The first kappa shape index (κ1) is 19.7. The van der Waals surface area contributed by atoms with Gasteiger partial charge in [0.05, 0.1) is 12.3 Å². The highest BCUT2D eigenvalue weighted by molar-refractivity contribution is 6.62. The highest BCUT2D eigenvalue weighted by Gasteiger charge is 2.51. The predicted octanol–water partition coefficient (Wildman–Crippen LogP) is 2.45. The van der Waals surface area contributed by atoms with Crippen LogP contribution in [0.4, 0.5) is 0 Å². The van der Waals surface area contributed by atoms with Gasteiger partial charge >= 0.3 is 8.80 Å². The lowest BCUT2D eigenvalue weighted by Crippen LogP contribution is -2.61. The van der Waals surface area contributed by atoms with Crippen LogP contribution in [0.3, 0.4) is 0 Å². The highest BCUT2D eigenvalue weighted by atomic mass is 35.5. The standard InChI is InChI=1S/C13H28N2O3Si.ClH/c1-6-13(15-11-10-14(5)12-15)19(16-7-2,17-8-3)18-9-4;/h10-11,13H,6-9,12H2,1-5H3;1H. The van der Waals surface area contributed by atoms with E-state index in [2.05, 4.69) is 36.2 Å². The Hall–Kier alpha value is -0.273. The summed E-state index contributed by atoms with van der Waals surface area (Å²) in [5, 5.41) is 0. The summed E-state index contributed by atoms with van der Waals surface area (Å²) >= 11 is 0. The van der Waals surface area contributed by atoms with Gasteiger partial charge in [-0.3, -0.25) is 0 Å². The molecule has 0 fully saturated rings. The van der Waals surface area contributed by atoms with Gasteiger partial charge in [-0.05, 0) is 27.2 Å². The van der Waals surface area contributed by atoms with Crippen LogP contribution in [-0.2, 0) is 13.3 Å². The van der Waals surface area contributed by atoms with Gasteiger partial charge in [0.2, 0.25) is 0 Å². The molecule has 0 aromatic rings. The molecule has 0 radical (unpaired) electrons. The molecule has 0 aromatic carbocycles. The summed E-state index contributed by atoms with van der Waals surface area (Å²) in [6.07, 6.45) is 5.13. The monoisotopic (exact) mass is 324 g/mol. The minimum Gasteiger partial charge on any atom is -0.373 e. The average molecular weight is 325 g/mol. The lowest BCUT2D eigenvalue weighted by atomic mass is 10.4. The molecule has 0 saturated carbocycles. The average Bonchev–Trinajstić information content (AvgIpc) is 2.77. The Morgan fingerprint density at radius 2 is 1.50 bits per heavy atom. The van der Waals surface area contributed by atoms with Gasteiger partial charge in [-0.15, -0.1) is 12.4 Å². The molecule has 1 aliphatic rings. The van der Waals surface area contributed by atoms with Crippen LogP contribution in [0.15, 0.2) is 12.4 Å². The van der Waals surface area contributed by atoms with E-state index in [4.69, 9.17) is 13.3 Å². The molecular formula is C13H29ClN2O3Si. The highest BCUT2D eigenvalue weighted by Crippen LogP contribution is 2.25. The fourth-order valence-electron chi connectivity index (χ4n) is 2.46. The van der Waals surface area contributed by atoms with Gasteiger partial charge < -0.3 is 23.1 Å². The van der Waals surface area contributed by atoms with Crippen LogP contribution in [0.2, 0.25) is 0 Å². The van der Waals surface area contributed by atoms with Crippen LogP contribution >= 0.6 is 12.4 Å². The summed E-state index contributed by atoms with van der Waals surface area (Å²) in [6, 6.07) is 0. The van der Waals surface area contributed by atoms with Crippen LogP contribution < -0.4 is 0 Å². The fourth-order valence-corrected chi connectivity index (χ4v) is 5.57. The molecule has 7 heteroatoms. The second-order valence-electron chi connectivity index (χ2n) is 4.54. The minimum absolute atomic E-state index is 0. The second kappa shape index (κ2) is 9.62. The molecule has 0 aliphatic carbocycles. The smallest absolute Gasteiger partial charge is 0.373 e. The molecule has 20 heavy (non-hydrogen) atoms. The summed E-state index contributed by atoms with van der Waals surface area (Å²) in [5.74, 6) is 0. The first-order valence-electron chi connectivity index (χ1n) is 7.19. The molecule has 0 N–H and O–H groups in total. The Labute approximate surface area is 130 Å². The van der Waals surface area contributed by atoms with Crippen molar-refractivity contribution in [3.8, 4) is 0 Å². The van der Waals surface area contributed by atoms with E-state index in [9.17, 15) is 0 Å². The molecule has 1 unspecified atom stereocenters. The van der Waals surface area contributed by atoms with Crippen molar-refractivity contribution < 1.29 is 13.3 Å². The summed E-state index contributed by atoms with van der Waals surface area (Å²) in [6.45, 7) is 10.9. The number of hydrogen-bond acceptors (Lipinski definition) is 5. The van der Waals surface area contributed by atoms with Crippen molar-refractivity contribution in [2.45, 2.75) is 39.8 Å². The molecule has 1 aliphatic heterocycles. The van der Waals surface area contributed by atoms with Gasteiger partial charge in [0.1, 0.15) is 0 Å². The van der Waals surface area contributed by atoms with E-state index in [1.54, 1.807) is 0 Å². The van der Waals surface area contributed by atoms with Crippen LogP contribution in [0, 0.1) is 0 Å².